The Bertz CT molecular complexity index is 419. The second-order valence-electron chi connectivity index (χ2n) is 3.29. The molecule has 5 heteroatoms. The number of rotatable bonds is 3. The van der Waals surface area contributed by atoms with Gasteiger partial charge in [0.2, 0.25) is 0 Å². The Hall–Kier alpha value is -0.230. The van der Waals surface area contributed by atoms with E-state index in [1.807, 2.05) is 19.2 Å². The summed E-state index contributed by atoms with van der Waals surface area (Å²) in [5.74, 6) is 0. The summed E-state index contributed by atoms with van der Waals surface area (Å²) < 4.78 is 1.10. The van der Waals surface area contributed by atoms with Gasteiger partial charge in [-0.3, -0.25) is 4.98 Å². The zero-order valence-corrected chi connectivity index (χ0v) is 11.3. The van der Waals surface area contributed by atoms with Crippen LogP contribution in [0.5, 0.6) is 0 Å². The maximum absolute atomic E-state index is 10.00. The van der Waals surface area contributed by atoms with Gasteiger partial charge in [0.05, 0.1) is 15.4 Å². The molecule has 0 aliphatic carbocycles. The number of aliphatic hydroxyl groups excluding tert-OH is 1. The van der Waals surface area contributed by atoms with Crippen molar-refractivity contribution in [3.05, 3.63) is 36.9 Å². The molecule has 0 aliphatic heterocycles. The fourth-order valence-corrected chi connectivity index (χ4v) is 3.47. The van der Waals surface area contributed by atoms with Crippen molar-refractivity contribution in [2.24, 2.45) is 0 Å². The van der Waals surface area contributed by atoms with Crippen LogP contribution in [-0.4, -0.2) is 10.1 Å². The summed E-state index contributed by atoms with van der Waals surface area (Å²) in [5, 5.41) is 10.00. The Morgan fingerprint density at radius 3 is 2.93 bits per heavy atom. The summed E-state index contributed by atoms with van der Waals surface area (Å²) in [5.41, 5.74) is 2.97. The summed E-state index contributed by atoms with van der Waals surface area (Å²) in [6.07, 6.45) is 2.04. The maximum Gasteiger partial charge on any atom is 0.0931 e. The topological polar surface area (TPSA) is 33.1 Å². The Morgan fingerprint density at radius 1 is 1.60 bits per heavy atom. The van der Waals surface area contributed by atoms with Crippen LogP contribution < -0.4 is 0 Å². The van der Waals surface area contributed by atoms with E-state index in [0.717, 1.165) is 13.5 Å². The fourth-order valence-electron chi connectivity index (χ4n) is 1.28. The lowest BCUT2D eigenvalue weighted by Gasteiger charge is -2.05. The number of thiazole rings is 1. The first-order chi connectivity index (χ1) is 7.16. The Labute approximate surface area is 105 Å². The molecule has 2 aromatic heterocycles. The lowest BCUT2D eigenvalue weighted by Crippen LogP contribution is -1.97. The van der Waals surface area contributed by atoms with Crippen molar-refractivity contribution in [3.63, 3.8) is 0 Å². The van der Waals surface area contributed by atoms with Gasteiger partial charge in [-0.1, -0.05) is 0 Å². The van der Waals surface area contributed by atoms with Crippen LogP contribution in [0.1, 0.15) is 21.4 Å². The molecule has 2 aromatic rings. The van der Waals surface area contributed by atoms with E-state index in [9.17, 15) is 5.11 Å². The van der Waals surface area contributed by atoms with Gasteiger partial charge in [-0.05, 0) is 34.5 Å². The molecule has 0 saturated carbocycles. The first-order valence-corrected chi connectivity index (χ1v) is 6.97. The molecule has 0 radical (unpaired) electrons. The molecule has 1 atom stereocenters. The van der Waals surface area contributed by atoms with Crippen molar-refractivity contribution in [3.8, 4) is 0 Å². The predicted octanol–water partition coefficient (Wildman–Crippen LogP) is 3.55. The molecule has 0 spiro atoms. The first kappa shape index (κ1) is 11.3. The number of aromatic nitrogens is 1. The highest BCUT2D eigenvalue weighted by molar-refractivity contribution is 9.11. The number of thiophene rings is 1. The normalized spacial score (nSPS) is 13.0. The van der Waals surface area contributed by atoms with Crippen LogP contribution in [0.3, 0.4) is 0 Å². The van der Waals surface area contributed by atoms with E-state index in [0.29, 0.717) is 6.42 Å². The summed E-state index contributed by atoms with van der Waals surface area (Å²) in [6, 6.07) is 2.03. The highest BCUT2D eigenvalue weighted by atomic mass is 79.9. The standard InChI is InChI=1S/C10H10BrNOS2/c1-6-2-9(15-10(6)11)8(13)3-7-4-12-5-14-7/h2,4-5,8,13H,3H2,1H3. The molecule has 15 heavy (non-hydrogen) atoms. The van der Waals surface area contributed by atoms with Gasteiger partial charge in [0.1, 0.15) is 0 Å². The number of aliphatic hydroxyl groups is 1. The van der Waals surface area contributed by atoms with Crippen molar-refractivity contribution in [1.29, 1.82) is 0 Å². The van der Waals surface area contributed by atoms with Gasteiger partial charge >= 0.3 is 0 Å². The number of hydrogen-bond donors (Lipinski definition) is 1. The van der Waals surface area contributed by atoms with Crippen molar-refractivity contribution < 1.29 is 5.11 Å². The molecule has 0 aliphatic rings. The van der Waals surface area contributed by atoms with Crippen LogP contribution in [0.2, 0.25) is 0 Å². The summed E-state index contributed by atoms with van der Waals surface area (Å²) in [4.78, 5) is 6.12. The number of halogens is 1. The average molecular weight is 304 g/mol. The summed E-state index contributed by atoms with van der Waals surface area (Å²) in [6.45, 7) is 2.03. The third kappa shape index (κ3) is 2.66. The first-order valence-electron chi connectivity index (χ1n) is 4.48. The lowest BCUT2D eigenvalue weighted by atomic mass is 10.2. The monoisotopic (exact) mass is 303 g/mol. The Kier molecular flexibility index (Phi) is 3.56. The highest BCUT2D eigenvalue weighted by Crippen LogP contribution is 2.33. The number of aryl methyl sites for hydroxylation is 1. The van der Waals surface area contributed by atoms with Crippen molar-refractivity contribution in [1.82, 2.24) is 4.98 Å². The molecular formula is C10H10BrNOS2. The summed E-state index contributed by atoms with van der Waals surface area (Å²) >= 11 is 6.63. The van der Waals surface area contributed by atoms with E-state index >= 15 is 0 Å². The molecule has 0 bridgehead atoms. The van der Waals surface area contributed by atoms with Crippen LogP contribution in [0, 0.1) is 6.92 Å². The van der Waals surface area contributed by atoms with Crippen molar-refractivity contribution in [2.75, 3.05) is 0 Å². The highest BCUT2D eigenvalue weighted by Gasteiger charge is 2.13. The fraction of sp³-hybridized carbons (Fsp3) is 0.300. The van der Waals surface area contributed by atoms with E-state index in [-0.39, 0.29) is 0 Å². The number of nitrogens with zero attached hydrogens (tertiary/aromatic N) is 1. The molecule has 2 nitrogen and oxygen atoms in total. The van der Waals surface area contributed by atoms with Crippen molar-refractivity contribution in [2.45, 2.75) is 19.4 Å². The molecule has 2 rings (SSSR count). The van der Waals surface area contributed by atoms with E-state index in [1.54, 1.807) is 28.2 Å². The van der Waals surface area contributed by atoms with E-state index in [1.165, 1.54) is 5.56 Å². The van der Waals surface area contributed by atoms with Crippen LogP contribution >= 0.6 is 38.6 Å². The molecule has 0 amide bonds. The zero-order chi connectivity index (χ0) is 10.8. The smallest absolute Gasteiger partial charge is 0.0931 e. The average Bonchev–Trinajstić information content (AvgIpc) is 2.78. The van der Waals surface area contributed by atoms with Gasteiger partial charge in [-0.2, -0.15) is 0 Å². The minimum atomic E-state index is -0.416. The molecule has 2 heterocycles. The largest absolute Gasteiger partial charge is 0.387 e. The van der Waals surface area contributed by atoms with Gasteiger partial charge in [-0.15, -0.1) is 22.7 Å². The van der Waals surface area contributed by atoms with Gasteiger partial charge < -0.3 is 5.11 Å². The minimum absolute atomic E-state index is 0.416. The Balaban J connectivity index is 2.11. The quantitative estimate of drug-likeness (QED) is 0.940. The second-order valence-corrected chi connectivity index (χ2v) is 6.67. The Morgan fingerprint density at radius 2 is 2.40 bits per heavy atom. The van der Waals surface area contributed by atoms with Crippen LogP contribution in [0.4, 0.5) is 0 Å². The molecular weight excluding hydrogens is 294 g/mol. The molecule has 0 saturated heterocycles. The molecule has 0 aromatic carbocycles. The summed E-state index contributed by atoms with van der Waals surface area (Å²) in [7, 11) is 0. The van der Waals surface area contributed by atoms with Crippen LogP contribution in [0.15, 0.2) is 21.6 Å². The van der Waals surface area contributed by atoms with Crippen LogP contribution in [-0.2, 0) is 6.42 Å². The zero-order valence-electron chi connectivity index (χ0n) is 8.11. The van der Waals surface area contributed by atoms with Crippen LogP contribution in [0.25, 0.3) is 0 Å². The SMILES string of the molecule is Cc1cc(C(O)Cc2cncs2)sc1Br. The minimum Gasteiger partial charge on any atom is -0.387 e. The molecule has 1 N–H and O–H groups in total. The van der Waals surface area contributed by atoms with Gasteiger partial charge in [-0.25, -0.2) is 0 Å². The van der Waals surface area contributed by atoms with Gasteiger partial charge in [0, 0.05) is 22.4 Å². The lowest BCUT2D eigenvalue weighted by molar-refractivity contribution is 0.183. The van der Waals surface area contributed by atoms with Crippen molar-refractivity contribution >= 4 is 38.6 Å². The molecule has 1 unspecified atom stereocenters. The molecule has 80 valence electrons. The predicted molar refractivity (Wildman–Crippen MR) is 67.5 cm³/mol. The molecule has 0 fully saturated rings. The van der Waals surface area contributed by atoms with Gasteiger partial charge in [0.15, 0.2) is 0 Å². The van der Waals surface area contributed by atoms with Gasteiger partial charge in [0.25, 0.3) is 0 Å². The van der Waals surface area contributed by atoms with E-state index < -0.39 is 6.10 Å². The van der Waals surface area contributed by atoms with E-state index in [4.69, 9.17) is 0 Å². The second kappa shape index (κ2) is 4.74. The third-order valence-corrected chi connectivity index (χ3v) is 5.12. The van der Waals surface area contributed by atoms with E-state index in [2.05, 4.69) is 20.9 Å². The third-order valence-electron chi connectivity index (χ3n) is 2.08. The number of hydrogen-bond acceptors (Lipinski definition) is 4. The maximum atomic E-state index is 10.00.